The molecular weight excluding hydrogens is 238 g/mol. The van der Waals surface area contributed by atoms with Gasteiger partial charge in [-0.3, -0.25) is 0 Å². The third kappa shape index (κ3) is 1.98. The minimum atomic E-state index is 0. The second-order valence-electron chi connectivity index (χ2n) is 5.46. The van der Waals surface area contributed by atoms with Crippen LogP contribution in [0.15, 0.2) is 12.1 Å². The molecule has 17 heavy (non-hydrogen) atoms. The van der Waals surface area contributed by atoms with Gasteiger partial charge in [-0.15, -0.1) is 0 Å². The van der Waals surface area contributed by atoms with Crippen LogP contribution >= 0.6 is 0 Å². The van der Waals surface area contributed by atoms with Gasteiger partial charge in [0.2, 0.25) is 6.79 Å². The van der Waals surface area contributed by atoms with E-state index in [0.717, 1.165) is 28.9 Å². The van der Waals surface area contributed by atoms with Crippen molar-refractivity contribution in [2.75, 3.05) is 20.9 Å². The first-order valence-electron chi connectivity index (χ1n) is 5.80. The Balaban J connectivity index is 0.00000108. The molecule has 0 aliphatic carbocycles. The summed E-state index contributed by atoms with van der Waals surface area (Å²) >= 11 is 0. The second-order valence-corrected chi connectivity index (χ2v) is 5.46. The number of likely N-dealkylation sites (N-methyl/N-ethyl adjacent to an activating group) is 1. The van der Waals surface area contributed by atoms with Gasteiger partial charge in [0.15, 0.2) is 11.5 Å². The lowest BCUT2D eigenvalue weighted by atomic mass is 9.93. The van der Waals surface area contributed by atoms with E-state index in [2.05, 4.69) is 33.2 Å². The summed E-state index contributed by atoms with van der Waals surface area (Å²) in [6.45, 7) is 3.76. The number of quaternary nitrogens is 1. The summed E-state index contributed by atoms with van der Waals surface area (Å²) in [4.78, 5) is 0. The van der Waals surface area contributed by atoms with Gasteiger partial charge >= 0.3 is 0 Å². The molecule has 1 aromatic rings. The summed E-state index contributed by atoms with van der Waals surface area (Å²) in [6.07, 6.45) is 1.12. The van der Waals surface area contributed by atoms with Crippen molar-refractivity contribution in [3.8, 4) is 11.5 Å². The van der Waals surface area contributed by atoms with Crippen LogP contribution in [0.1, 0.15) is 18.1 Å². The van der Waals surface area contributed by atoms with Crippen LogP contribution < -0.4 is 21.9 Å². The minimum Gasteiger partial charge on any atom is -1.00 e. The summed E-state index contributed by atoms with van der Waals surface area (Å²) in [6, 6.07) is 4.98. The fourth-order valence-electron chi connectivity index (χ4n) is 2.52. The molecule has 2 aliphatic heterocycles. The first kappa shape index (κ1) is 12.5. The summed E-state index contributed by atoms with van der Waals surface area (Å²) in [7, 11) is 4.58. The molecule has 0 saturated carbocycles. The van der Waals surface area contributed by atoms with Crippen LogP contribution in [0.3, 0.4) is 0 Å². The van der Waals surface area contributed by atoms with E-state index in [1.165, 1.54) is 11.1 Å². The Hall–Kier alpha value is -0.930. The Morgan fingerprint density at radius 3 is 2.35 bits per heavy atom. The smallest absolute Gasteiger partial charge is 0.231 e. The number of rotatable bonds is 0. The Morgan fingerprint density at radius 2 is 1.71 bits per heavy atom. The molecule has 0 fully saturated rings. The molecule has 0 radical (unpaired) electrons. The number of ether oxygens (including phenoxy) is 2. The van der Waals surface area contributed by atoms with E-state index in [1.807, 2.05) is 0 Å². The van der Waals surface area contributed by atoms with Crippen LogP contribution in [-0.2, 0) is 13.0 Å². The first-order valence-corrected chi connectivity index (χ1v) is 5.80. The Bertz CT molecular complexity index is 445. The third-order valence-electron chi connectivity index (χ3n) is 3.98. The van der Waals surface area contributed by atoms with Gasteiger partial charge in [0.05, 0.1) is 20.1 Å². The van der Waals surface area contributed by atoms with Gasteiger partial charge in [0, 0.05) is 12.0 Å². The molecule has 3 rings (SSSR count). The molecule has 2 aliphatic rings. The summed E-state index contributed by atoms with van der Waals surface area (Å²) in [5.41, 5.74) is 2.83. The Kier molecular flexibility index (Phi) is 3.00. The fourth-order valence-corrected chi connectivity index (χ4v) is 2.52. The second kappa shape index (κ2) is 4.07. The van der Waals surface area contributed by atoms with Gasteiger partial charge in [0.1, 0.15) is 6.54 Å². The number of nitrogens with zero attached hydrogens (tertiary/aromatic N) is 1. The van der Waals surface area contributed by atoms with Crippen molar-refractivity contribution < 1.29 is 26.4 Å². The van der Waals surface area contributed by atoms with Gasteiger partial charge in [-0.25, -0.2) is 0 Å². The Morgan fingerprint density at radius 1 is 1.12 bits per heavy atom. The first-order chi connectivity index (χ1) is 7.56. The lowest BCUT2D eigenvalue weighted by Gasteiger charge is -2.40. The van der Waals surface area contributed by atoms with E-state index in [9.17, 15) is 0 Å². The summed E-state index contributed by atoms with van der Waals surface area (Å²) in [5.74, 6) is 1.83. The molecule has 1 unspecified atom stereocenters. The van der Waals surface area contributed by atoms with Crippen LogP contribution in [0, 0.1) is 0 Å². The van der Waals surface area contributed by atoms with Crippen LogP contribution in [0.2, 0.25) is 0 Å². The van der Waals surface area contributed by atoms with Crippen molar-refractivity contribution in [1.29, 1.82) is 0 Å². The minimum absolute atomic E-state index is 0. The topological polar surface area (TPSA) is 18.5 Å². The van der Waals surface area contributed by atoms with Crippen LogP contribution in [0.25, 0.3) is 0 Å². The molecule has 0 aromatic heterocycles. The number of hydrogen-bond donors (Lipinski definition) is 0. The quantitative estimate of drug-likeness (QED) is 0.551. The number of fused-ring (bicyclic) bond motifs is 2. The third-order valence-corrected chi connectivity index (χ3v) is 3.98. The summed E-state index contributed by atoms with van der Waals surface area (Å²) in [5, 5.41) is 0. The summed E-state index contributed by atoms with van der Waals surface area (Å²) < 4.78 is 11.9. The number of halogens is 1. The molecule has 2 heterocycles. The van der Waals surface area contributed by atoms with Gasteiger partial charge in [-0.2, -0.15) is 0 Å². The molecule has 1 atom stereocenters. The van der Waals surface area contributed by atoms with E-state index in [1.54, 1.807) is 0 Å². The van der Waals surface area contributed by atoms with E-state index >= 15 is 0 Å². The molecular formula is C13H18ClNO2. The van der Waals surface area contributed by atoms with E-state index in [4.69, 9.17) is 9.47 Å². The molecule has 0 spiro atoms. The van der Waals surface area contributed by atoms with E-state index in [0.29, 0.717) is 12.8 Å². The van der Waals surface area contributed by atoms with Gasteiger partial charge < -0.3 is 26.4 Å². The zero-order valence-corrected chi connectivity index (χ0v) is 11.3. The monoisotopic (exact) mass is 255 g/mol. The predicted octanol–water partition coefficient (Wildman–Crippen LogP) is -1.06. The molecule has 1 aromatic carbocycles. The normalized spacial score (nSPS) is 23.8. The zero-order chi connectivity index (χ0) is 11.3. The highest BCUT2D eigenvalue weighted by atomic mass is 35.5. The van der Waals surface area contributed by atoms with Crippen molar-refractivity contribution in [3.63, 3.8) is 0 Å². The molecule has 0 saturated heterocycles. The van der Waals surface area contributed by atoms with Crippen LogP contribution in [0.4, 0.5) is 0 Å². The van der Waals surface area contributed by atoms with Crippen molar-refractivity contribution in [1.82, 2.24) is 0 Å². The van der Waals surface area contributed by atoms with Gasteiger partial charge in [0.25, 0.3) is 0 Å². The number of benzene rings is 1. The largest absolute Gasteiger partial charge is 1.00 e. The maximum atomic E-state index is 5.43. The van der Waals surface area contributed by atoms with Crippen molar-refractivity contribution >= 4 is 0 Å². The molecule has 4 heteroatoms. The highest BCUT2D eigenvalue weighted by Gasteiger charge is 2.32. The van der Waals surface area contributed by atoms with Crippen molar-refractivity contribution in [2.24, 2.45) is 0 Å². The average molecular weight is 256 g/mol. The van der Waals surface area contributed by atoms with Crippen LogP contribution in [-0.4, -0.2) is 31.4 Å². The molecule has 0 N–H and O–H groups in total. The molecule has 94 valence electrons. The highest BCUT2D eigenvalue weighted by Crippen LogP contribution is 2.38. The SMILES string of the molecule is CC1Cc2cc3c(cc2C[N+]1(C)C)OCO3.[Cl-]. The average Bonchev–Trinajstić information content (AvgIpc) is 2.63. The van der Waals surface area contributed by atoms with Crippen molar-refractivity contribution in [2.45, 2.75) is 25.9 Å². The van der Waals surface area contributed by atoms with Crippen LogP contribution in [0.5, 0.6) is 11.5 Å². The number of hydrogen-bond acceptors (Lipinski definition) is 2. The maximum Gasteiger partial charge on any atom is 0.231 e. The standard InChI is InChI=1S/C13H18NO2.ClH/c1-9-4-10-5-12-13(16-8-15-12)6-11(10)7-14(9,2)3;/h5-6,9H,4,7-8H2,1-3H3;1H/q+1;/p-1. The van der Waals surface area contributed by atoms with E-state index < -0.39 is 0 Å². The highest BCUT2D eigenvalue weighted by molar-refractivity contribution is 5.49. The zero-order valence-electron chi connectivity index (χ0n) is 10.5. The molecule has 0 bridgehead atoms. The van der Waals surface area contributed by atoms with Crippen molar-refractivity contribution in [3.05, 3.63) is 23.3 Å². The van der Waals surface area contributed by atoms with Gasteiger partial charge in [-0.1, -0.05) is 0 Å². The lowest BCUT2D eigenvalue weighted by Crippen LogP contribution is -3.00. The fraction of sp³-hybridized carbons (Fsp3) is 0.538. The predicted molar refractivity (Wildman–Crippen MR) is 61.5 cm³/mol. The van der Waals surface area contributed by atoms with Gasteiger partial charge in [-0.05, 0) is 24.6 Å². The van der Waals surface area contributed by atoms with E-state index in [-0.39, 0.29) is 12.4 Å². The maximum absolute atomic E-state index is 5.43. The molecule has 3 nitrogen and oxygen atoms in total. The molecule has 0 amide bonds. The Labute approximate surface area is 108 Å². The lowest BCUT2D eigenvalue weighted by molar-refractivity contribution is -0.928.